The van der Waals surface area contributed by atoms with Gasteiger partial charge in [-0.1, -0.05) is 0 Å². The average molecular weight is 230 g/mol. The molecule has 88 valence electrons. The molecule has 2 N–H and O–H groups in total. The minimum Gasteiger partial charge on any atom is -0.396 e. The van der Waals surface area contributed by atoms with Gasteiger partial charge in [0, 0.05) is 31.1 Å². The lowest BCUT2D eigenvalue weighted by Crippen LogP contribution is -2.05. The maximum atomic E-state index is 8.66. The maximum absolute atomic E-state index is 8.66. The number of aliphatic hydroxyl groups is 1. The van der Waals surface area contributed by atoms with Gasteiger partial charge in [-0.15, -0.1) is 10.2 Å². The number of aliphatic hydroxyl groups excluding tert-OH is 1. The lowest BCUT2D eigenvalue weighted by atomic mass is 10.2. The van der Waals surface area contributed by atoms with Crippen LogP contribution in [-0.2, 0) is 0 Å². The SMILES string of the molecule is OCCCNc1ccc(-c2ccncc2)nn1. The molecule has 0 fully saturated rings. The monoisotopic (exact) mass is 230 g/mol. The Morgan fingerprint density at radius 2 is 1.88 bits per heavy atom. The summed E-state index contributed by atoms with van der Waals surface area (Å²) in [5.74, 6) is 0.719. The highest BCUT2D eigenvalue weighted by Gasteiger charge is 1.99. The van der Waals surface area contributed by atoms with E-state index in [1.165, 1.54) is 0 Å². The lowest BCUT2D eigenvalue weighted by Gasteiger charge is -2.04. The van der Waals surface area contributed by atoms with Gasteiger partial charge in [0.25, 0.3) is 0 Å². The standard InChI is InChI=1S/C12H14N4O/c17-9-1-6-14-12-3-2-11(15-16-12)10-4-7-13-8-5-10/h2-5,7-8,17H,1,6,9H2,(H,14,16). The van der Waals surface area contributed by atoms with Crippen LogP contribution in [0.2, 0.25) is 0 Å². The summed E-state index contributed by atoms with van der Waals surface area (Å²) >= 11 is 0. The van der Waals surface area contributed by atoms with Crippen molar-refractivity contribution < 1.29 is 5.11 Å². The third-order valence-corrected chi connectivity index (χ3v) is 2.28. The molecule has 2 heterocycles. The fourth-order valence-corrected chi connectivity index (χ4v) is 1.40. The number of pyridine rings is 1. The summed E-state index contributed by atoms with van der Waals surface area (Å²) < 4.78 is 0. The normalized spacial score (nSPS) is 10.2. The molecule has 0 saturated heterocycles. The largest absolute Gasteiger partial charge is 0.396 e. The van der Waals surface area contributed by atoms with E-state index < -0.39 is 0 Å². The Labute approximate surface area is 99.6 Å². The number of anilines is 1. The fourth-order valence-electron chi connectivity index (χ4n) is 1.40. The molecule has 5 nitrogen and oxygen atoms in total. The van der Waals surface area contributed by atoms with Crippen molar-refractivity contribution in [2.24, 2.45) is 0 Å². The van der Waals surface area contributed by atoms with E-state index in [1.807, 2.05) is 24.3 Å². The van der Waals surface area contributed by atoms with Gasteiger partial charge in [0.15, 0.2) is 0 Å². The number of rotatable bonds is 5. The molecule has 2 rings (SSSR count). The molecule has 0 radical (unpaired) electrons. The molecule has 0 aromatic carbocycles. The van der Waals surface area contributed by atoms with E-state index in [0.29, 0.717) is 13.0 Å². The van der Waals surface area contributed by atoms with Crippen molar-refractivity contribution in [2.45, 2.75) is 6.42 Å². The summed E-state index contributed by atoms with van der Waals surface area (Å²) in [6.07, 6.45) is 4.16. The summed E-state index contributed by atoms with van der Waals surface area (Å²) in [7, 11) is 0. The molecular formula is C12H14N4O. The quantitative estimate of drug-likeness (QED) is 0.758. The third-order valence-electron chi connectivity index (χ3n) is 2.28. The molecule has 0 aliphatic heterocycles. The van der Waals surface area contributed by atoms with Gasteiger partial charge in [0.2, 0.25) is 0 Å². The van der Waals surface area contributed by atoms with Crippen LogP contribution in [0.1, 0.15) is 6.42 Å². The van der Waals surface area contributed by atoms with Crippen molar-refractivity contribution >= 4 is 5.82 Å². The van der Waals surface area contributed by atoms with Crippen LogP contribution in [0.4, 0.5) is 5.82 Å². The smallest absolute Gasteiger partial charge is 0.148 e. The van der Waals surface area contributed by atoms with Crippen molar-refractivity contribution in [3.05, 3.63) is 36.7 Å². The van der Waals surface area contributed by atoms with E-state index in [0.717, 1.165) is 17.1 Å². The van der Waals surface area contributed by atoms with Gasteiger partial charge in [0.1, 0.15) is 5.82 Å². The van der Waals surface area contributed by atoms with Crippen LogP contribution >= 0.6 is 0 Å². The molecule has 0 aliphatic rings. The fraction of sp³-hybridized carbons (Fsp3) is 0.250. The molecule has 0 spiro atoms. The van der Waals surface area contributed by atoms with Crippen molar-refractivity contribution in [1.29, 1.82) is 0 Å². The van der Waals surface area contributed by atoms with E-state index in [9.17, 15) is 0 Å². The van der Waals surface area contributed by atoms with Crippen LogP contribution in [0.3, 0.4) is 0 Å². The first-order valence-corrected chi connectivity index (χ1v) is 5.49. The first-order valence-electron chi connectivity index (χ1n) is 5.49. The summed E-state index contributed by atoms with van der Waals surface area (Å²) in [5.41, 5.74) is 1.81. The van der Waals surface area contributed by atoms with E-state index >= 15 is 0 Å². The number of aromatic nitrogens is 3. The summed E-state index contributed by atoms with van der Waals surface area (Å²) in [4.78, 5) is 3.95. The van der Waals surface area contributed by atoms with E-state index in [1.54, 1.807) is 12.4 Å². The number of hydrogen-bond donors (Lipinski definition) is 2. The van der Waals surface area contributed by atoms with Crippen LogP contribution < -0.4 is 5.32 Å². The van der Waals surface area contributed by atoms with Gasteiger partial charge in [-0.25, -0.2) is 0 Å². The molecule has 2 aromatic rings. The minimum atomic E-state index is 0.176. The maximum Gasteiger partial charge on any atom is 0.148 e. The van der Waals surface area contributed by atoms with E-state index in [4.69, 9.17) is 5.11 Å². The number of nitrogens with zero attached hydrogens (tertiary/aromatic N) is 3. The van der Waals surface area contributed by atoms with Crippen LogP contribution in [0.15, 0.2) is 36.7 Å². The van der Waals surface area contributed by atoms with E-state index in [2.05, 4.69) is 20.5 Å². The Hall–Kier alpha value is -2.01. The highest BCUT2D eigenvalue weighted by molar-refractivity contribution is 5.58. The zero-order valence-electron chi connectivity index (χ0n) is 9.37. The van der Waals surface area contributed by atoms with Crippen molar-refractivity contribution in [3.63, 3.8) is 0 Å². The van der Waals surface area contributed by atoms with Crippen molar-refractivity contribution in [2.75, 3.05) is 18.5 Å². The molecule has 0 bridgehead atoms. The second-order valence-electron chi connectivity index (χ2n) is 3.54. The van der Waals surface area contributed by atoms with Crippen LogP contribution in [0, 0.1) is 0 Å². The molecule has 17 heavy (non-hydrogen) atoms. The predicted molar refractivity (Wildman–Crippen MR) is 65.5 cm³/mol. The molecular weight excluding hydrogens is 216 g/mol. The molecule has 0 amide bonds. The van der Waals surface area contributed by atoms with Gasteiger partial charge in [-0.05, 0) is 30.7 Å². The topological polar surface area (TPSA) is 70.9 Å². The third kappa shape index (κ3) is 3.22. The Morgan fingerprint density at radius 3 is 2.53 bits per heavy atom. The highest BCUT2D eigenvalue weighted by atomic mass is 16.3. The van der Waals surface area contributed by atoms with Gasteiger partial charge in [-0.2, -0.15) is 0 Å². The van der Waals surface area contributed by atoms with Crippen LogP contribution in [0.25, 0.3) is 11.3 Å². The minimum absolute atomic E-state index is 0.176. The number of hydrogen-bond acceptors (Lipinski definition) is 5. The van der Waals surface area contributed by atoms with Crippen LogP contribution in [-0.4, -0.2) is 33.4 Å². The van der Waals surface area contributed by atoms with Gasteiger partial charge < -0.3 is 10.4 Å². The summed E-state index contributed by atoms with van der Waals surface area (Å²) in [5, 5.41) is 19.9. The van der Waals surface area contributed by atoms with Gasteiger partial charge >= 0.3 is 0 Å². The Morgan fingerprint density at radius 1 is 1.06 bits per heavy atom. The van der Waals surface area contributed by atoms with E-state index in [-0.39, 0.29) is 6.61 Å². The predicted octanol–water partition coefficient (Wildman–Crippen LogP) is 1.33. The second-order valence-corrected chi connectivity index (χ2v) is 3.54. The molecule has 2 aromatic heterocycles. The second kappa shape index (κ2) is 5.91. The Bertz CT molecular complexity index is 444. The first-order chi connectivity index (χ1) is 8.40. The first kappa shape index (κ1) is 11.5. The molecule has 0 aliphatic carbocycles. The van der Waals surface area contributed by atoms with Crippen LogP contribution in [0.5, 0.6) is 0 Å². The zero-order valence-corrected chi connectivity index (χ0v) is 9.37. The lowest BCUT2D eigenvalue weighted by molar-refractivity contribution is 0.292. The summed E-state index contributed by atoms with van der Waals surface area (Å²) in [6, 6.07) is 7.56. The van der Waals surface area contributed by atoms with Gasteiger partial charge in [0.05, 0.1) is 5.69 Å². The van der Waals surface area contributed by atoms with Gasteiger partial charge in [-0.3, -0.25) is 4.98 Å². The summed E-state index contributed by atoms with van der Waals surface area (Å²) in [6.45, 7) is 0.870. The average Bonchev–Trinajstić information content (AvgIpc) is 2.41. The Kier molecular flexibility index (Phi) is 3.99. The molecule has 0 atom stereocenters. The molecule has 0 saturated carbocycles. The van der Waals surface area contributed by atoms with Crippen molar-refractivity contribution in [3.8, 4) is 11.3 Å². The molecule has 5 heteroatoms. The zero-order chi connectivity index (χ0) is 11.9. The molecule has 0 unspecified atom stereocenters. The Balaban J connectivity index is 2.03. The highest BCUT2D eigenvalue weighted by Crippen LogP contribution is 2.15. The number of nitrogens with one attached hydrogen (secondary N) is 1. The van der Waals surface area contributed by atoms with Crippen molar-refractivity contribution in [1.82, 2.24) is 15.2 Å².